The van der Waals surface area contributed by atoms with E-state index in [4.69, 9.17) is 9.47 Å². The van der Waals surface area contributed by atoms with Gasteiger partial charge in [-0.05, 0) is 12.8 Å². The average molecular weight is 527 g/mol. The van der Waals surface area contributed by atoms with E-state index in [2.05, 4.69) is 23.0 Å². The van der Waals surface area contributed by atoms with E-state index in [9.17, 15) is 9.59 Å². The van der Waals surface area contributed by atoms with Gasteiger partial charge in [-0.25, -0.2) is 18.7 Å². The molecule has 0 bridgehead atoms. The van der Waals surface area contributed by atoms with Crippen LogP contribution in [0.15, 0.2) is 49.1 Å². The van der Waals surface area contributed by atoms with E-state index in [0.717, 1.165) is 51.6 Å². The Balaban J connectivity index is 1.58. The minimum Gasteiger partial charge on any atom is -0.462 e. The van der Waals surface area contributed by atoms with E-state index in [-0.39, 0.29) is 11.9 Å². The van der Waals surface area contributed by atoms with Crippen molar-refractivity contribution in [1.82, 2.24) is 0 Å². The third kappa shape index (κ3) is 13.7. The quantitative estimate of drug-likeness (QED) is 0.102. The number of ether oxygens (including phenoxy) is 2. The molecule has 0 amide bonds. The second kappa shape index (κ2) is 20.2. The topological polar surface area (TPSA) is 60.4 Å². The first-order chi connectivity index (χ1) is 18.6. The molecule has 38 heavy (non-hydrogen) atoms. The largest absolute Gasteiger partial charge is 0.462 e. The zero-order chi connectivity index (χ0) is 27.3. The molecule has 0 aliphatic carbocycles. The van der Waals surface area contributed by atoms with Gasteiger partial charge in [-0.1, -0.05) is 78.1 Å². The lowest BCUT2D eigenvalue weighted by Gasteiger charge is -2.05. The minimum absolute atomic E-state index is 0.239. The summed E-state index contributed by atoms with van der Waals surface area (Å²) < 4.78 is 15.0. The molecule has 6 nitrogen and oxygen atoms in total. The maximum atomic E-state index is 12.2. The predicted molar refractivity (Wildman–Crippen MR) is 150 cm³/mol. The number of carbonyl (C=O) groups excluding carboxylic acids is 2. The van der Waals surface area contributed by atoms with Crippen molar-refractivity contribution in [2.75, 3.05) is 13.2 Å². The summed E-state index contributed by atoms with van der Waals surface area (Å²) in [6.45, 7) is 7.19. The summed E-state index contributed by atoms with van der Waals surface area (Å²) in [5.74, 6) is -0.478. The molecule has 0 aliphatic heterocycles. The van der Waals surface area contributed by atoms with E-state index >= 15 is 0 Å². The molecule has 0 aromatic carbocycles. The van der Waals surface area contributed by atoms with Gasteiger partial charge in [-0.3, -0.25) is 0 Å². The molecule has 2 aromatic rings. The van der Waals surface area contributed by atoms with E-state index in [1.807, 2.05) is 49.1 Å². The first kappa shape index (κ1) is 31.5. The van der Waals surface area contributed by atoms with Crippen LogP contribution in [0.25, 0.3) is 0 Å². The summed E-state index contributed by atoms with van der Waals surface area (Å²) in [7, 11) is 0. The van der Waals surface area contributed by atoms with Crippen LogP contribution in [0.1, 0.15) is 124 Å². The average Bonchev–Trinajstić information content (AvgIpc) is 2.95. The molecular weight excluding hydrogens is 476 g/mol. The summed E-state index contributed by atoms with van der Waals surface area (Å²) >= 11 is 0. The van der Waals surface area contributed by atoms with Crippen molar-refractivity contribution in [2.45, 2.75) is 117 Å². The van der Waals surface area contributed by atoms with Crippen molar-refractivity contribution in [2.24, 2.45) is 0 Å². The van der Waals surface area contributed by atoms with Crippen LogP contribution in [-0.2, 0) is 22.6 Å². The van der Waals surface area contributed by atoms with Crippen molar-refractivity contribution in [3.8, 4) is 0 Å². The number of pyridine rings is 2. The number of nitrogens with zero attached hydrogens (tertiary/aromatic N) is 2. The Labute approximate surface area is 230 Å². The summed E-state index contributed by atoms with van der Waals surface area (Å²) in [6.07, 6.45) is 24.0. The Kier molecular flexibility index (Phi) is 16.8. The van der Waals surface area contributed by atoms with Gasteiger partial charge in [0, 0.05) is 37.1 Å². The molecule has 0 atom stereocenters. The van der Waals surface area contributed by atoms with Gasteiger partial charge >= 0.3 is 11.9 Å². The number of hydrogen-bond acceptors (Lipinski definition) is 4. The van der Waals surface area contributed by atoms with Gasteiger partial charge in [0.05, 0.1) is 24.3 Å². The SMILES string of the molecule is CCCCCCCCOC(=O)c1cc[n+](CCCC[n+]2ccc(C(=O)OCCCCCCCC)cc2)cc1. The second-order valence-corrected chi connectivity index (χ2v) is 10.2. The standard InChI is InChI=1S/C32H50N2O4/c1-3-5-7-9-11-15-27-37-31(35)29-17-23-33(24-18-29)21-13-14-22-34-25-19-30(20-26-34)32(36)38-28-16-12-10-8-6-4-2/h17-20,23-26H,3-16,21-22,27-28H2,1-2H3/q+2. The highest BCUT2D eigenvalue weighted by atomic mass is 16.5. The van der Waals surface area contributed by atoms with Gasteiger partial charge in [0.15, 0.2) is 24.8 Å². The number of esters is 2. The maximum Gasteiger partial charge on any atom is 0.338 e. The van der Waals surface area contributed by atoms with Crippen LogP contribution in [0.3, 0.4) is 0 Å². The minimum atomic E-state index is -0.239. The van der Waals surface area contributed by atoms with Gasteiger partial charge < -0.3 is 9.47 Å². The third-order valence-electron chi connectivity index (χ3n) is 6.80. The smallest absolute Gasteiger partial charge is 0.338 e. The van der Waals surface area contributed by atoms with Gasteiger partial charge in [-0.15, -0.1) is 0 Å². The van der Waals surface area contributed by atoms with Crippen LogP contribution < -0.4 is 9.13 Å². The van der Waals surface area contributed by atoms with Crippen molar-refractivity contribution in [1.29, 1.82) is 0 Å². The molecule has 2 rings (SSSR count). The van der Waals surface area contributed by atoms with Gasteiger partial charge in [0.25, 0.3) is 0 Å². The number of carbonyl (C=O) groups is 2. The molecular formula is C32H50N2O4+2. The normalized spacial score (nSPS) is 10.9. The number of hydrogen-bond donors (Lipinski definition) is 0. The second-order valence-electron chi connectivity index (χ2n) is 10.2. The van der Waals surface area contributed by atoms with Crippen LogP contribution in [0.5, 0.6) is 0 Å². The fourth-order valence-corrected chi connectivity index (χ4v) is 4.33. The molecule has 0 saturated heterocycles. The first-order valence-electron chi connectivity index (χ1n) is 15.0. The molecule has 0 radical (unpaired) electrons. The van der Waals surface area contributed by atoms with E-state index < -0.39 is 0 Å². The lowest BCUT2D eigenvalue weighted by atomic mass is 10.1. The van der Waals surface area contributed by atoms with E-state index in [1.165, 1.54) is 51.4 Å². The summed E-state index contributed by atoms with van der Waals surface area (Å²) in [5.41, 5.74) is 1.21. The Hall–Kier alpha value is -2.76. The number of aromatic nitrogens is 2. The molecule has 0 aliphatic rings. The predicted octanol–water partition coefficient (Wildman–Crippen LogP) is 6.78. The zero-order valence-electron chi connectivity index (χ0n) is 23.9. The Bertz CT molecular complexity index is 821. The van der Waals surface area contributed by atoms with Crippen LogP contribution in [0.4, 0.5) is 0 Å². The molecule has 0 fully saturated rings. The molecule has 0 spiro atoms. The number of unbranched alkanes of at least 4 members (excludes halogenated alkanes) is 11. The van der Waals surface area contributed by atoms with Crippen LogP contribution in [-0.4, -0.2) is 25.2 Å². The molecule has 6 heteroatoms. The Morgan fingerprint density at radius 1 is 0.526 bits per heavy atom. The molecule has 0 saturated carbocycles. The lowest BCUT2D eigenvalue weighted by Crippen LogP contribution is -2.35. The first-order valence-corrected chi connectivity index (χ1v) is 15.0. The van der Waals surface area contributed by atoms with E-state index in [1.54, 1.807) is 0 Å². The maximum absolute atomic E-state index is 12.2. The van der Waals surface area contributed by atoms with Crippen LogP contribution in [0, 0.1) is 0 Å². The van der Waals surface area contributed by atoms with Gasteiger partial charge in [-0.2, -0.15) is 0 Å². The third-order valence-corrected chi connectivity index (χ3v) is 6.80. The molecule has 0 N–H and O–H groups in total. The van der Waals surface area contributed by atoms with Gasteiger partial charge in [0.1, 0.15) is 13.1 Å². The zero-order valence-corrected chi connectivity index (χ0v) is 23.9. The highest BCUT2D eigenvalue weighted by Crippen LogP contribution is 2.08. The number of rotatable bonds is 21. The summed E-state index contributed by atoms with van der Waals surface area (Å²) in [5, 5.41) is 0. The Morgan fingerprint density at radius 2 is 0.868 bits per heavy atom. The van der Waals surface area contributed by atoms with Gasteiger partial charge in [0.2, 0.25) is 0 Å². The summed E-state index contributed by atoms with van der Waals surface area (Å²) in [6, 6.07) is 7.34. The van der Waals surface area contributed by atoms with Crippen molar-refractivity contribution in [3.05, 3.63) is 60.2 Å². The molecule has 210 valence electrons. The lowest BCUT2D eigenvalue weighted by molar-refractivity contribution is -0.708. The number of aryl methyl sites for hydroxylation is 2. The highest BCUT2D eigenvalue weighted by Gasteiger charge is 2.11. The van der Waals surface area contributed by atoms with Crippen LogP contribution >= 0.6 is 0 Å². The van der Waals surface area contributed by atoms with Crippen molar-refractivity contribution in [3.63, 3.8) is 0 Å². The van der Waals surface area contributed by atoms with Crippen molar-refractivity contribution < 1.29 is 28.2 Å². The monoisotopic (exact) mass is 526 g/mol. The fourth-order valence-electron chi connectivity index (χ4n) is 4.33. The highest BCUT2D eigenvalue weighted by molar-refractivity contribution is 5.89. The fraction of sp³-hybridized carbons (Fsp3) is 0.625. The Morgan fingerprint density at radius 3 is 1.24 bits per heavy atom. The molecule has 0 unspecified atom stereocenters. The van der Waals surface area contributed by atoms with E-state index in [0.29, 0.717) is 24.3 Å². The molecule has 2 heterocycles. The van der Waals surface area contributed by atoms with Crippen molar-refractivity contribution >= 4 is 11.9 Å². The van der Waals surface area contributed by atoms with Crippen LogP contribution in [0.2, 0.25) is 0 Å². The summed E-state index contributed by atoms with van der Waals surface area (Å²) in [4.78, 5) is 24.4. The molecule has 2 aromatic heterocycles.